The van der Waals surface area contributed by atoms with E-state index in [9.17, 15) is 4.79 Å². The Labute approximate surface area is 89.6 Å². The Hall–Kier alpha value is -0.350. The Morgan fingerprint density at radius 1 is 1.33 bits per heavy atom. The normalized spacial score (nSPS) is 11.3. The lowest BCUT2D eigenvalue weighted by Crippen LogP contribution is -1.77. The van der Waals surface area contributed by atoms with E-state index in [0.717, 1.165) is 9.13 Å². The van der Waals surface area contributed by atoms with E-state index in [2.05, 4.69) is 22.6 Å². The van der Waals surface area contributed by atoms with Gasteiger partial charge >= 0.3 is 0 Å². The summed E-state index contributed by atoms with van der Waals surface area (Å²) >= 11 is 8.00. The van der Waals surface area contributed by atoms with E-state index in [1.807, 2.05) is 24.3 Å². The van der Waals surface area contributed by atoms with Crippen LogP contribution in [0.15, 0.2) is 30.3 Å². The van der Waals surface area contributed by atoms with Gasteiger partial charge in [-0.1, -0.05) is 23.7 Å². The van der Waals surface area contributed by atoms with Crippen LogP contribution < -0.4 is 0 Å². The minimum atomic E-state index is 0.474. The van der Waals surface area contributed by atoms with Crippen molar-refractivity contribution in [2.75, 3.05) is 0 Å². The summed E-state index contributed by atoms with van der Waals surface area (Å²) in [5.41, 5.74) is 0.865. The van der Waals surface area contributed by atoms with E-state index in [0.29, 0.717) is 11.3 Å². The van der Waals surface area contributed by atoms with E-state index >= 15 is 0 Å². The molecule has 0 amide bonds. The van der Waals surface area contributed by atoms with Gasteiger partial charge < -0.3 is 0 Å². The lowest BCUT2D eigenvalue weighted by Gasteiger charge is -1.96. The van der Waals surface area contributed by atoms with Crippen molar-refractivity contribution in [3.8, 4) is 0 Å². The maximum atomic E-state index is 10.1. The summed E-state index contributed by atoms with van der Waals surface area (Å²) in [4.78, 5) is 10.1. The molecule has 0 radical (unpaired) electrons. The van der Waals surface area contributed by atoms with Gasteiger partial charge in [-0.15, -0.1) is 0 Å². The number of carbonyl (C=O) groups is 1. The first kappa shape index (κ1) is 9.74. The number of carbonyl (C=O) groups excluding carboxylic acids is 1. The molecule has 62 valence electrons. The first-order valence-corrected chi connectivity index (χ1v) is 4.76. The summed E-state index contributed by atoms with van der Waals surface area (Å²) in [6, 6.07) is 7.64. The Bertz CT molecular complexity index is 303. The van der Waals surface area contributed by atoms with Crippen molar-refractivity contribution < 1.29 is 4.79 Å². The highest BCUT2D eigenvalue weighted by molar-refractivity contribution is 14.1. The molecule has 1 rings (SSSR count). The van der Waals surface area contributed by atoms with Crippen LogP contribution in [0.1, 0.15) is 5.56 Å². The van der Waals surface area contributed by atoms with E-state index in [4.69, 9.17) is 11.6 Å². The van der Waals surface area contributed by atoms with E-state index in [1.165, 1.54) is 6.08 Å². The van der Waals surface area contributed by atoms with Crippen molar-refractivity contribution in [3.63, 3.8) is 0 Å². The first-order valence-electron chi connectivity index (χ1n) is 3.31. The highest BCUT2D eigenvalue weighted by atomic mass is 127. The van der Waals surface area contributed by atoms with Crippen LogP contribution in [-0.2, 0) is 4.79 Å². The third-order valence-corrected chi connectivity index (χ3v) is 2.40. The Kier molecular flexibility index (Phi) is 3.75. The molecule has 0 fully saturated rings. The van der Waals surface area contributed by atoms with Gasteiger partial charge in [-0.3, -0.25) is 4.79 Å². The summed E-state index contributed by atoms with van der Waals surface area (Å²) in [5.74, 6) is 0. The molecule has 0 heterocycles. The highest BCUT2D eigenvalue weighted by Gasteiger charge is 1.95. The lowest BCUT2D eigenvalue weighted by atomic mass is 10.2. The number of halogens is 2. The van der Waals surface area contributed by atoms with Crippen LogP contribution in [0, 0.1) is 3.57 Å². The monoisotopic (exact) mass is 292 g/mol. The number of aldehydes is 1. The van der Waals surface area contributed by atoms with Gasteiger partial charge in [0.2, 0.25) is 0 Å². The van der Waals surface area contributed by atoms with Gasteiger partial charge in [-0.05, 0) is 46.4 Å². The standard InChI is InChI=1S/C9H6ClIO/c10-9(5-6-12)7-1-3-8(11)4-2-7/h1-6H. The lowest BCUT2D eigenvalue weighted by molar-refractivity contribution is -0.104. The van der Waals surface area contributed by atoms with Crippen molar-refractivity contribution in [1.29, 1.82) is 0 Å². The molecule has 1 aromatic rings. The molecule has 0 saturated carbocycles. The fourth-order valence-corrected chi connectivity index (χ4v) is 1.30. The zero-order chi connectivity index (χ0) is 8.97. The van der Waals surface area contributed by atoms with Crippen molar-refractivity contribution in [2.45, 2.75) is 0 Å². The van der Waals surface area contributed by atoms with Gasteiger partial charge in [0.05, 0.1) is 5.03 Å². The fraction of sp³-hybridized carbons (Fsp3) is 0. The zero-order valence-corrected chi connectivity index (χ0v) is 9.04. The van der Waals surface area contributed by atoms with E-state index in [1.54, 1.807) is 0 Å². The molecular formula is C9H6ClIO. The molecular weight excluding hydrogens is 286 g/mol. The SMILES string of the molecule is O=CC=C(Cl)c1ccc(I)cc1. The van der Waals surface area contributed by atoms with Crippen LogP contribution in [0.2, 0.25) is 0 Å². The molecule has 0 unspecified atom stereocenters. The number of benzene rings is 1. The molecule has 1 aromatic carbocycles. The van der Waals surface area contributed by atoms with Crippen molar-refractivity contribution >= 4 is 45.5 Å². The topological polar surface area (TPSA) is 17.1 Å². The molecule has 3 heteroatoms. The van der Waals surface area contributed by atoms with Gasteiger partial charge in [0.1, 0.15) is 6.29 Å². The molecule has 0 aliphatic carbocycles. The Balaban J connectivity index is 2.97. The first-order chi connectivity index (χ1) is 5.74. The molecule has 0 atom stereocenters. The second kappa shape index (κ2) is 4.62. The fourth-order valence-electron chi connectivity index (χ4n) is 0.765. The van der Waals surface area contributed by atoms with Crippen LogP contribution in [-0.4, -0.2) is 6.29 Å². The Morgan fingerprint density at radius 3 is 2.42 bits per heavy atom. The molecule has 0 aliphatic rings. The molecule has 0 N–H and O–H groups in total. The molecule has 1 nitrogen and oxygen atoms in total. The maximum absolute atomic E-state index is 10.1. The van der Waals surface area contributed by atoms with Crippen molar-refractivity contribution in [3.05, 3.63) is 39.5 Å². The van der Waals surface area contributed by atoms with Crippen LogP contribution in [0.3, 0.4) is 0 Å². The van der Waals surface area contributed by atoms with Gasteiger partial charge in [0.15, 0.2) is 0 Å². The summed E-state index contributed by atoms with van der Waals surface area (Å²) in [6.45, 7) is 0. The number of hydrogen-bond acceptors (Lipinski definition) is 1. The summed E-state index contributed by atoms with van der Waals surface area (Å²) < 4.78 is 1.15. The Morgan fingerprint density at radius 2 is 1.92 bits per heavy atom. The van der Waals surface area contributed by atoms with Crippen LogP contribution in [0.4, 0.5) is 0 Å². The molecule has 0 saturated heterocycles. The minimum Gasteiger partial charge on any atom is -0.299 e. The summed E-state index contributed by atoms with van der Waals surface area (Å²) in [6.07, 6.45) is 2.02. The average Bonchev–Trinajstić information content (AvgIpc) is 2.06. The maximum Gasteiger partial charge on any atom is 0.144 e. The van der Waals surface area contributed by atoms with Crippen LogP contribution >= 0.6 is 34.2 Å². The number of rotatable bonds is 2. The third kappa shape index (κ3) is 2.60. The molecule has 0 spiro atoms. The number of hydrogen-bond donors (Lipinski definition) is 0. The average molecular weight is 293 g/mol. The summed E-state index contributed by atoms with van der Waals surface area (Å²) in [5, 5.41) is 0.474. The summed E-state index contributed by atoms with van der Waals surface area (Å²) in [7, 11) is 0. The van der Waals surface area contributed by atoms with Crippen molar-refractivity contribution in [1.82, 2.24) is 0 Å². The molecule has 12 heavy (non-hydrogen) atoms. The second-order valence-corrected chi connectivity index (χ2v) is 3.81. The third-order valence-electron chi connectivity index (χ3n) is 1.33. The molecule has 0 aromatic heterocycles. The van der Waals surface area contributed by atoms with Gasteiger partial charge in [-0.25, -0.2) is 0 Å². The smallest absolute Gasteiger partial charge is 0.144 e. The molecule has 0 bridgehead atoms. The zero-order valence-electron chi connectivity index (χ0n) is 6.13. The predicted molar refractivity (Wildman–Crippen MR) is 59.1 cm³/mol. The quantitative estimate of drug-likeness (QED) is 0.465. The van der Waals surface area contributed by atoms with Crippen molar-refractivity contribution in [2.24, 2.45) is 0 Å². The molecule has 0 aliphatic heterocycles. The highest BCUT2D eigenvalue weighted by Crippen LogP contribution is 2.18. The largest absolute Gasteiger partial charge is 0.299 e. The van der Waals surface area contributed by atoms with Gasteiger partial charge in [-0.2, -0.15) is 0 Å². The predicted octanol–water partition coefficient (Wildman–Crippen LogP) is 3.07. The van der Waals surface area contributed by atoms with Gasteiger partial charge in [0, 0.05) is 3.57 Å². The van der Waals surface area contributed by atoms with E-state index in [-0.39, 0.29) is 0 Å². The van der Waals surface area contributed by atoms with Crippen LogP contribution in [0.25, 0.3) is 5.03 Å². The minimum absolute atomic E-state index is 0.474. The second-order valence-electron chi connectivity index (χ2n) is 2.16. The van der Waals surface area contributed by atoms with Crippen LogP contribution in [0.5, 0.6) is 0 Å². The number of allylic oxidation sites excluding steroid dienone is 1. The van der Waals surface area contributed by atoms with Gasteiger partial charge in [0.25, 0.3) is 0 Å². The van der Waals surface area contributed by atoms with E-state index < -0.39 is 0 Å².